The summed E-state index contributed by atoms with van der Waals surface area (Å²) in [6.07, 6.45) is 0. The first kappa shape index (κ1) is 21.8. The normalized spacial score (nSPS) is 15.1. The van der Waals surface area contributed by atoms with Crippen LogP contribution in [0.4, 0.5) is 8.78 Å². The van der Waals surface area contributed by atoms with Crippen LogP contribution in [0.5, 0.6) is 5.75 Å². The van der Waals surface area contributed by atoms with Crippen LogP contribution in [0.3, 0.4) is 0 Å². The maximum absolute atomic E-state index is 13.7. The summed E-state index contributed by atoms with van der Waals surface area (Å²) < 4.78 is 27.1. The van der Waals surface area contributed by atoms with Gasteiger partial charge < -0.3 is 15.3 Å². The van der Waals surface area contributed by atoms with Crippen molar-refractivity contribution in [1.82, 2.24) is 10.2 Å². The molecule has 0 spiro atoms. The highest BCUT2D eigenvalue weighted by Gasteiger charge is 2.42. The number of hydrogen-bond acceptors (Lipinski definition) is 3. The van der Waals surface area contributed by atoms with Crippen molar-refractivity contribution in [1.29, 1.82) is 0 Å². The summed E-state index contributed by atoms with van der Waals surface area (Å²) >= 11 is 6.16. The lowest BCUT2D eigenvalue weighted by Gasteiger charge is -2.25. The molecule has 3 aromatic rings. The summed E-state index contributed by atoms with van der Waals surface area (Å²) in [4.78, 5) is 27.7. The standard InChI is InChI=1S/C24H19ClF2N2O3/c1-13-20(30)9-7-16-21(13)24(32)29(12-14-6-8-18(26)19(27)10-14)22(16)23(31)28-11-15-4-2-3-5-17(15)25/h2-10,22,30H,11-12H2,1H3,(H,28,31). The number of phenolic OH excluding ortho intramolecular Hbond substituents is 1. The molecule has 8 heteroatoms. The Balaban J connectivity index is 1.67. The van der Waals surface area contributed by atoms with Crippen molar-refractivity contribution in [3.63, 3.8) is 0 Å². The van der Waals surface area contributed by atoms with Gasteiger partial charge in [-0.05, 0) is 47.9 Å². The molecule has 1 unspecified atom stereocenters. The van der Waals surface area contributed by atoms with Crippen molar-refractivity contribution in [3.05, 3.63) is 99.1 Å². The smallest absolute Gasteiger partial charge is 0.255 e. The molecule has 1 aliphatic rings. The molecule has 4 rings (SSSR count). The summed E-state index contributed by atoms with van der Waals surface area (Å²) in [7, 11) is 0. The fraction of sp³-hybridized carbons (Fsp3) is 0.167. The molecular formula is C24H19ClF2N2O3. The van der Waals surface area contributed by atoms with Crippen molar-refractivity contribution in [2.75, 3.05) is 0 Å². The lowest BCUT2D eigenvalue weighted by atomic mass is 9.99. The molecule has 1 heterocycles. The summed E-state index contributed by atoms with van der Waals surface area (Å²) in [5.74, 6) is -3.04. The van der Waals surface area contributed by atoms with E-state index in [0.717, 1.165) is 12.1 Å². The van der Waals surface area contributed by atoms with E-state index in [0.29, 0.717) is 27.3 Å². The number of aromatic hydroxyl groups is 1. The van der Waals surface area contributed by atoms with Crippen molar-refractivity contribution >= 4 is 23.4 Å². The number of nitrogens with zero attached hydrogens (tertiary/aromatic N) is 1. The molecule has 2 amide bonds. The van der Waals surface area contributed by atoms with Gasteiger partial charge in [0.25, 0.3) is 5.91 Å². The van der Waals surface area contributed by atoms with Crippen LogP contribution >= 0.6 is 11.6 Å². The molecule has 0 saturated carbocycles. The number of rotatable bonds is 5. The molecule has 2 N–H and O–H groups in total. The van der Waals surface area contributed by atoms with Gasteiger partial charge in [0.05, 0.1) is 5.56 Å². The molecule has 0 aromatic heterocycles. The SMILES string of the molecule is Cc1c(O)ccc2c1C(=O)N(Cc1ccc(F)c(F)c1)C2C(=O)NCc1ccccc1Cl. The Morgan fingerprint density at radius 1 is 1.12 bits per heavy atom. The first-order valence-electron chi connectivity index (χ1n) is 9.86. The molecule has 5 nitrogen and oxygen atoms in total. The van der Waals surface area contributed by atoms with Crippen LogP contribution in [0, 0.1) is 18.6 Å². The lowest BCUT2D eigenvalue weighted by molar-refractivity contribution is -0.125. The molecule has 0 aliphatic carbocycles. The number of phenols is 1. The van der Waals surface area contributed by atoms with Crippen LogP contribution in [0.1, 0.15) is 38.7 Å². The van der Waals surface area contributed by atoms with Crippen LogP contribution in [-0.4, -0.2) is 21.8 Å². The van der Waals surface area contributed by atoms with E-state index in [4.69, 9.17) is 11.6 Å². The second-order valence-corrected chi connectivity index (χ2v) is 7.97. The summed E-state index contributed by atoms with van der Waals surface area (Å²) in [6.45, 7) is 1.62. The predicted octanol–water partition coefficient (Wildman–Crippen LogP) is 4.65. The molecule has 1 atom stereocenters. The van der Waals surface area contributed by atoms with Crippen LogP contribution in [0.25, 0.3) is 0 Å². The van der Waals surface area contributed by atoms with Gasteiger partial charge in [0.15, 0.2) is 11.6 Å². The first-order valence-corrected chi connectivity index (χ1v) is 10.2. The van der Waals surface area contributed by atoms with E-state index in [9.17, 15) is 23.5 Å². The van der Waals surface area contributed by atoms with Crippen molar-refractivity contribution in [2.24, 2.45) is 0 Å². The van der Waals surface area contributed by atoms with Crippen LogP contribution in [0.15, 0.2) is 54.6 Å². The van der Waals surface area contributed by atoms with Gasteiger partial charge in [-0.1, -0.05) is 41.9 Å². The zero-order valence-electron chi connectivity index (χ0n) is 17.0. The monoisotopic (exact) mass is 456 g/mol. The third-order valence-corrected chi connectivity index (χ3v) is 5.91. The van der Waals surface area contributed by atoms with Crippen molar-refractivity contribution in [3.8, 4) is 5.75 Å². The quantitative estimate of drug-likeness (QED) is 0.587. The number of fused-ring (bicyclic) bond motifs is 1. The molecule has 3 aromatic carbocycles. The zero-order valence-corrected chi connectivity index (χ0v) is 17.8. The van der Waals surface area contributed by atoms with E-state index >= 15 is 0 Å². The molecular weight excluding hydrogens is 438 g/mol. The molecule has 1 aliphatic heterocycles. The predicted molar refractivity (Wildman–Crippen MR) is 115 cm³/mol. The van der Waals surface area contributed by atoms with Gasteiger partial charge in [-0.25, -0.2) is 8.78 Å². The number of carbonyl (C=O) groups is 2. The van der Waals surface area contributed by atoms with Gasteiger partial charge in [-0.3, -0.25) is 9.59 Å². The third-order valence-electron chi connectivity index (χ3n) is 5.55. The first-order chi connectivity index (χ1) is 15.3. The molecule has 32 heavy (non-hydrogen) atoms. The van der Waals surface area contributed by atoms with Crippen molar-refractivity contribution < 1.29 is 23.5 Å². The second-order valence-electron chi connectivity index (χ2n) is 7.57. The maximum atomic E-state index is 13.7. The highest BCUT2D eigenvalue weighted by molar-refractivity contribution is 6.31. The van der Waals surface area contributed by atoms with Crippen LogP contribution < -0.4 is 5.32 Å². The molecule has 0 radical (unpaired) electrons. The summed E-state index contributed by atoms with van der Waals surface area (Å²) in [6, 6.07) is 12.3. The Labute approximate surface area is 188 Å². The molecule has 164 valence electrons. The van der Waals surface area contributed by atoms with Gasteiger partial charge in [0.2, 0.25) is 5.91 Å². The van der Waals surface area contributed by atoms with E-state index in [1.54, 1.807) is 31.2 Å². The zero-order chi connectivity index (χ0) is 23.0. The topological polar surface area (TPSA) is 69.6 Å². The minimum Gasteiger partial charge on any atom is -0.508 e. The van der Waals surface area contributed by atoms with E-state index in [1.165, 1.54) is 23.1 Å². The Morgan fingerprint density at radius 3 is 2.59 bits per heavy atom. The Kier molecular flexibility index (Phi) is 5.84. The third kappa shape index (κ3) is 3.91. The van der Waals surface area contributed by atoms with Gasteiger partial charge in [0.1, 0.15) is 11.8 Å². The average Bonchev–Trinajstić information content (AvgIpc) is 3.04. The minimum atomic E-state index is -1.04. The van der Waals surface area contributed by atoms with Crippen LogP contribution in [-0.2, 0) is 17.9 Å². The van der Waals surface area contributed by atoms with Gasteiger partial charge in [-0.15, -0.1) is 0 Å². The molecule has 0 saturated heterocycles. The number of amides is 2. The number of nitrogens with one attached hydrogen (secondary N) is 1. The highest BCUT2D eigenvalue weighted by Crippen LogP contribution is 2.39. The largest absolute Gasteiger partial charge is 0.508 e. The number of benzene rings is 3. The Bertz CT molecular complexity index is 1230. The maximum Gasteiger partial charge on any atom is 0.255 e. The Hall–Kier alpha value is -3.45. The van der Waals surface area contributed by atoms with Gasteiger partial charge in [-0.2, -0.15) is 0 Å². The number of halogens is 3. The fourth-order valence-corrected chi connectivity index (χ4v) is 4.07. The van der Waals surface area contributed by atoms with E-state index in [2.05, 4.69) is 5.32 Å². The average molecular weight is 457 g/mol. The van der Waals surface area contributed by atoms with E-state index in [-0.39, 0.29) is 24.4 Å². The number of hydrogen-bond donors (Lipinski definition) is 2. The lowest BCUT2D eigenvalue weighted by Crippen LogP contribution is -2.38. The number of carbonyl (C=O) groups excluding carboxylic acids is 2. The summed E-state index contributed by atoms with van der Waals surface area (Å²) in [5.41, 5.74) is 2.05. The van der Waals surface area contributed by atoms with E-state index < -0.39 is 29.5 Å². The van der Waals surface area contributed by atoms with Gasteiger partial charge >= 0.3 is 0 Å². The molecule has 0 bridgehead atoms. The van der Waals surface area contributed by atoms with E-state index in [1.807, 2.05) is 0 Å². The fourth-order valence-electron chi connectivity index (χ4n) is 3.86. The molecule has 0 fully saturated rings. The Morgan fingerprint density at radius 2 is 1.88 bits per heavy atom. The minimum absolute atomic E-state index is 0.0676. The van der Waals surface area contributed by atoms with Gasteiger partial charge in [0, 0.05) is 23.7 Å². The highest BCUT2D eigenvalue weighted by atomic mass is 35.5. The van der Waals surface area contributed by atoms with Crippen LogP contribution in [0.2, 0.25) is 5.02 Å². The summed E-state index contributed by atoms with van der Waals surface area (Å²) in [5, 5.41) is 13.4. The van der Waals surface area contributed by atoms with Crippen molar-refractivity contribution in [2.45, 2.75) is 26.1 Å². The second kappa shape index (κ2) is 8.59.